The third-order valence-corrected chi connectivity index (χ3v) is 9.87. The van der Waals surface area contributed by atoms with Gasteiger partial charge in [0.05, 0.1) is 11.4 Å². The molecule has 258 valence electrons. The zero-order valence-electron chi connectivity index (χ0n) is 29.5. The number of rotatable bonds is 7. The zero-order valence-corrected chi connectivity index (χ0v) is 29.5. The van der Waals surface area contributed by atoms with Crippen LogP contribution in [-0.2, 0) is 0 Å². The van der Waals surface area contributed by atoms with Gasteiger partial charge in [0.1, 0.15) is 11.2 Å². The lowest BCUT2D eigenvalue weighted by atomic mass is 9.93. The molecule has 6 aromatic carbocycles. The average Bonchev–Trinajstić information content (AvgIpc) is 3.66. The molecule has 0 fully saturated rings. The summed E-state index contributed by atoms with van der Waals surface area (Å²) in [7, 11) is 0. The van der Waals surface area contributed by atoms with Gasteiger partial charge in [0.15, 0.2) is 17.5 Å². The van der Waals surface area contributed by atoms with Gasteiger partial charge in [-0.2, -0.15) is 0 Å². The summed E-state index contributed by atoms with van der Waals surface area (Å²) in [5, 5.41) is 1.92. The first kappa shape index (κ1) is 32.1. The third-order valence-electron chi connectivity index (χ3n) is 9.87. The summed E-state index contributed by atoms with van der Waals surface area (Å²) in [6, 6.07) is 59.7. The minimum Gasteiger partial charge on any atom is -0.455 e. The van der Waals surface area contributed by atoms with E-state index >= 15 is 0 Å². The molecule has 0 aliphatic heterocycles. The predicted octanol–water partition coefficient (Wildman–Crippen LogP) is 12.2. The van der Waals surface area contributed by atoms with Gasteiger partial charge in [0.2, 0.25) is 0 Å². The van der Waals surface area contributed by atoms with Gasteiger partial charge in [-0.15, -0.1) is 0 Å². The Morgan fingerprint density at radius 3 is 1.44 bits per heavy atom. The van der Waals surface area contributed by atoms with Crippen molar-refractivity contribution in [1.29, 1.82) is 0 Å². The van der Waals surface area contributed by atoms with Crippen molar-refractivity contribution in [1.82, 2.24) is 24.9 Å². The number of hydrogen-bond acceptors (Lipinski definition) is 6. The van der Waals surface area contributed by atoms with E-state index in [1.54, 1.807) is 0 Å². The number of furan rings is 1. The molecule has 0 atom stereocenters. The Bertz CT molecular complexity index is 2870. The summed E-state index contributed by atoms with van der Waals surface area (Å²) >= 11 is 0. The van der Waals surface area contributed by atoms with Gasteiger partial charge in [0, 0.05) is 56.5 Å². The highest BCUT2D eigenvalue weighted by molar-refractivity contribution is 6.16. The molecule has 4 aromatic heterocycles. The molecule has 0 N–H and O–H groups in total. The van der Waals surface area contributed by atoms with Crippen LogP contribution in [0.1, 0.15) is 0 Å². The second-order valence-corrected chi connectivity index (χ2v) is 13.3. The molecule has 4 heterocycles. The molecule has 0 radical (unpaired) electrons. The number of pyridine rings is 2. The molecule has 10 rings (SSSR count). The van der Waals surface area contributed by atoms with Gasteiger partial charge in [-0.1, -0.05) is 133 Å². The fourth-order valence-electron chi connectivity index (χ4n) is 7.15. The molecule has 6 heteroatoms. The zero-order chi connectivity index (χ0) is 36.6. The average molecular weight is 706 g/mol. The normalized spacial score (nSPS) is 11.3. The maximum Gasteiger partial charge on any atom is 0.164 e. The topological polar surface area (TPSA) is 77.6 Å². The summed E-state index contributed by atoms with van der Waals surface area (Å²) in [5.74, 6) is 1.79. The first-order valence-corrected chi connectivity index (χ1v) is 18.2. The second kappa shape index (κ2) is 13.8. The molecule has 0 bridgehead atoms. The minimum atomic E-state index is 0.576. The Labute approximate surface area is 317 Å². The molecular formula is C49H31N5O. The Morgan fingerprint density at radius 1 is 0.345 bits per heavy atom. The smallest absolute Gasteiger partial charge is 0.164 e. The number of nitrogens with zero attached hydrogens (tertiary/aromatic N) is 5. The van der Waals surface area contributed by atoms with Crippen LogP contribution in [0.3, 0.4) is 0 Å². The Kier molecular flexibility index (Phi) is 8.04. The van der Waals surface area contributed by atoms with Gasteiger partial charge in [-0.25, -0.2) is 15.0 Å². The Hall–Kier alpha value is -7.57. The Morgan fingerprint density at radius 2 is 0.873 bits per heavy atom. The lowest BCUT2D eigenvalue weighted by Crippen LogP contribution is -2.00. The van der Waals surface area contributed by atoms with Crippen LogP contribution in [0.4, 0.5) is 0 Å². The van der Waals surface area contributed by atoms with Gasteiger partial charge in [0.25, 0.3) is 0 Å². The highest BCUT2D eigenvalue weighted by Crippen LogP contribution is 2.43. The van der Waals surface area contributed by atoms with Crippen LogP contribution < -0.4 is 0 Å². The summed E-state index contributed by atoms with van der Waals surface area (Å²) < 4.78 is 6.82. The number of fused-ring (bicyclic) bond motifs is 3. The quantitative estimate of drug-likeness (QED) is 0.164. The van der Waals surface area contributed by atoms with Crippen LogP contribution in [-0.4, -0.2) is 24.9 Å². The van der Waals surface area contributed by atoms with Gasteiger partial charge in [-0.3, -0.25) is 9.97 Å². The summed E-state index contributed by atoms with van der Waals surface area (Å²) in [4.78, 5) is 24.3. The van der Waals surface area contributed by atoms with Gasteiger partial charge in [-0.05, 0) is 59.2 Å². The van der Waals surface area contributed by atoms with E-state index in [2.05, 4.69) is 76.7 Å². The maximum absolute atomic E-state index is 6.82. The van der Waals surface area contributed by atoms with E-state index in [4.69, 9.17) is 19.4 Å². The van der Waals surface area contributed by atoms with E-state index in [-0.39, 0.29) is 0 Å². The first-order valence-electron chi connectivity index (χ1n) is 18.2. The van der Waals surface area contributed by atoms with Gasteiger partial charge >= 0.3 is 0 Å². The van der Waals surface area contributed by atoms with Crippen molar-refractivity contribution in [3.63, 3.8) is 0 Å². The fraction of sp³-hybridized carbons (Fsp3) is 0. The SMILES string of the molecule is c1ccc(-c2nc(-c3ccccc3)nc(-c3cccc4oc5c(-c6ccc(-c7ccccn7)cc6)cc(-c6ccc(-c7ccccn7)cc6)cc5c34)n2)cc1. The van der Waals surface area contributed by atoms with Crippen molar-refractivity contribution in [3.05, 3.63) is 188 Å². The Balaban J connectivity index is 1.19. The minimum absolute atomic E-state index is 0.576. The van der Waals surface area contributed by atoms with Crippen LogP contribution in [0.5, 0.6) is 0 Å². The predicted molar refractivity (Wildman–Crippen MR) is 221 cm³/mol. The summed E-state index contributed by atoms with van der Waals surface area (Å²) in [6.07, 6.45) is 3.64. The molecule has 0 amide bonds. The van der Waals surface area contributed by atoms with E-state index in [0.29, 0.717) is 17.5 Å². The van der Waals surface area contributed by atoms with E-state index in [1.165, 1.54) is 0 Å². The van der Waals surface area contributed by atoms with E-state index in [0.717, 1.165) is 83.4 Å². The molecule has 0 aliphatic rings. The summed E-state index contributed by atoms with van der Waals surface area (Å²) in [6.45, 7) is 0. The molecule has 0 saturated heterocycles. The number of benzene rings is 6. The molecule has 0 saturated carbocycles. The molecule has 0 spiro atoms. The van der Waals surface area contributed by atoms with Crippen LogP contribution in [0.25, 0.3) is 101 Å². The lowest BCUT2D eigenvalue weighted by Gasteiger charge is -2.11. The molecule has 0 unspecified atom stereocenters. The summed E-state index contributed by atoms with van der Waals surface area (Å²) in [5.41, 5.74) is 12.4. The van der Waals surface area contributed by atoms with Crippen molar-refractivity contribution >= 4 is 21.9 Å². The third kappa shape index (κ3) is 6.11. The first-order chi connectivity index (χ1) is 27.2. The highest BCUT2D eigenvalue weighted by Gasteiger charge is 2.21. The fourth-order valence-corrected chi connectivity index (χ4v) is 7.15. The monoisotopic (exact) mass is 705 g/mol. The number of hydrogen-bond donors (Lipinski definition) is 0. The van der Waals surface area contributed by atoms with Crippen LogP contribution in [0.2, 0.25) is 0 Å². The van der Waals surface area contributed by atoms with Crippen molar-refractivity contribution in [2.45, 2.75) is 0 Å². The van der Waals surface area contributed by atoms with Crippen molar-refractivity contribution in [3.8, 4) is 78.9 Å². The molecule has 55 heavy (non-hydrogen) atoms. The van der Waals surface area contributed by atoms with E-state index in [1.807, 2.05) is 122 Å². The van der Waals surface area contributed by atoms with Crippen LogP contribution in [0.15, 0.2) is 193 Å². The van der Waals surface area contributed by atoms with Crippen LogP contribution in [0, 0.1) is 0 Å². The molecule has 0 aliphatic carbocycles. The highest BCUT2D eigenvalue weighted by atomic mass is 16.3. The van der Waals surface area contributed by atoms with Crippen molar-refractivity contribution in [2.24, 2.45) is 0 Å². The van der Waals surface area contributed by atoms with E-state index < -0.39 is 0 Å². The second-order valence-electron chi connectivity index (χ2n) is 13.3. The maximum atomic E-state index is 6.82. The van der Waals surface area contributed by atoms with Crippen molar-refractivity contribution in [2.75, 3.05) is 0 Å². The van der Waals surface area contributed by atoms with Crippen LogP contribution >= 0.6 is 0 Å². The van der Waals surface area contributed by atoms with Crippen molar-refractivity contribution < 1.29 is 4.42 Å². The standard InChI is InChI=1S/C49H31N5O/c1-3-12-36(13-4-1)47-52-48(37-14-5-2-6-15-37)54-49(53-47)39-16-11-19-44-45(39)41-31-38(32-20-24-34(25-21-32)42-17-7-9-28-50-42)30-40(46(41)55-44)33-22-26-35(27-23-33)43-18-8-10-29-51-43/h1-31H. The molecule has 10 aromatic rings. The lowest BCUT2D eigenvalue weighted by molar-refractivity contribution is 0.670. The molecular weight excluding hydrogens is 675 g/mol. The van der Waals surface area contributed by atoms with Gasteiger partial charge < -0.3 is 4.42 Å². The number of aromatic nitrogens is 5. The molecule has 6 nitrogen and oxygen atoms in total. The largest absolute Gasteiger partial charge is 0.455 e. The van der Waals surface area contributed by atoms with E-state index in [9.17, 15) is 0 Å².